The van der Waals surface area contributed by atoms with Gasteiger partial charge in [-0.15, -0.1) is 0 Å². The van der Waals surface area contributed by atoms with E-state index in [-0.39, 0.29) is 15.7 Å². The zero-order valence-corrected chi connectivity index (χ0v) is 13.4. The molecule has 22 heavy (non-hydrogen) atoms. The quantitative estimate of drug-likeness (QED) is 0.877. The zero-order chi connectivity index (χ0) is 16.5. The van der Waals surface area contributed by atoms with Crippen molar-refractivity contribution in [1.29, 1.82) is 5.26 Å². The fourth-order valence-corrected chi connectivity index (χ4v) is 3.55. The van der Waals surface area contributed by atoms with Crippen LogP contribution in [0.1, 0.15) is 22.5 Å². The Labute approximate surface area is 129 Å². The lowest BCUT2D eigenvalue weighted by Crippen LogP contribution is -2.06. The number of nitrogens with two attached hydrogens (primary N) is 1. The molecule has 0 bridgehead atoms. The Balaban J connectivity index is 2.59. The number of allylic oxidation sites excluding steroid dienone is 1. The molecule has 0 saturated heterocycles. The smallest absolute Gasteiger partial charge is 0.222 e. The summed E-state index contributed by atoms with van der Waals surface area (Å²) in [6.45, 7) is 5.15. The highest BCUT2D eigenvalue weighted by molar-refractivity contribution is 7.96. The van der Waals surface area contributed by atoms with Crippen molar-refractivity contribution < 1.29 is 12.8 Å². The normalized spacial score (nSPS) is 12.2. The molecule has 2 N–H and O–H groups in total. The minimum atomic E-state index is -4.02. The highest BCUT2D eigenvalue weighted by Gasteiger charge is 2.29. The second-order valence-electron chi connectivity index (χ2n) is 5.01. The maximum Gasteiger partial charge on any atom is 0.222 e. The number of benzene rings is 1. The van der Waals surface area contributed by atoms with E-state index >= 15 is 0 Å². The summed E-state index contributed by atoms with van der Waals surface area (Å²) in [5.74, 6) is 0.226. The first-order chi connectivity index (χ1) is 10.3. The van der Waals surface area contributed by atoms with Crippen LogP contribution in [-0.4, -0.2) is 8.42 Å². The van der Waals surface area contributed by atoms with Gasteiger partial charge in [0, 0.05) is 5.56 Å². The first-order valence-corrected chi connectivity index (χ1v) is 8.04. The molecule has 1 heterocycles. The Morgan fingerprint density at radius 2 is 1.82 bits per heavy atom. The second-order valence-corrected chi connectivity index (χ2v) is 6.87. The largest absolute Gasteiger partial charge is 0.445 e. The van der Waals surface area contributed by atoms with Crippen LogP contribution >= 0.6 is 0 Å². The van der Waals surface area contributed by atoms with Crippen LogP contribution in [0.15, 0.2) is 38.5 Å². The lowest BCUT2D eigenvalue weighted by atomic mass is 10.1. The van der Waals surface area contributed by atoms with E-state index in [4.69, 9.17) is 10.2 Å². The summed E-state index contributed by atoms with van der Waals surface area (Å²) in [7, 11) is -4.02. The minimum Gasteiger partial charge on any atom is -0.445 e. The van der Waals surface area contributed by atoms with Crippen molar-refractivity contribution in [3.63, 3.8) is 0 Å². The number of nitrogens with zero attached hydrogens (tertiary/aromatic N) is 1. The van der Waals surface area contributed by atoms with Gasteiger partial charge in [0.05, 0.1) is 0 Å². The molecule has 5 nitrogen and oxygen atoms in total. The third-order valence-electron chi connectivity index (χ3n) is 3.40. The molecule has 0 amide bonds. The van der Waals surface area contributed by atoms with E-state index in [1.54, 1.807) is 32.0 Å². The Morgan fingerprint density at radius 3 is 2.27 bits per heavy atom. The van der Waals surface area contributed by atoms with Crippen LogP contribution in [0, 0.1) is 32.1 Å². The molecule has 0 fully saturated rings. The van der Waals surface area contributed by atoms with E-state index < -0.39 is 9.84 Å². The molecule has 6 heteroatoms. The first-order valence-electron chi connectivity index (χ1n) is 6.56. The third-order valence-corrected chi connectivity index (χ3v) is 5.23. The lowest BCUT2D eigenvalue weighted by Gasteiger charge is -2.03. The van der Waals surface area contributed by atoms with Gasteiger partial charge in [0.1, 0.15) is 21.6 Å². The molecular formula is C16H16N2O3S. The molecule has 1 aromatic heterocycles. The summed E-state index contributed by atoms with van der Waals surface area (Å²) < 4.78 is 30.5. The number of hydrogen-bond acceptors (Lipinski definition) is 5. The average Bonchev–Trinajstić information content (AvgIpc) is 2.71. The number of rotatable bonds is 3. The monoisotopic (exact) mass is 316 g/mol. The SMILES string of the molecule is Cc1ccc(/C=C(\C#N)S(=O)(=O)c2c(N)oc(C)c2C)cc1. The Morgan fingerprint density at radius 1 is 1.23 bits per heavy atom. The van der Waals surface area contributed by atoms with Gasteiger partial charge >= 0.3 is 0 Å². The van der Waals surface area contributed by atoms with Gasteiger partial charge in [-0.05, 0) is 32.4 Å². The van der Waals surface area contributed by atoms with Crippen LogP contribution < -0.4 is 5.73 Å². The summed E-state index contributed by atoms with van der Waals surface area (Å²) >= 11 is 0. The maximum absolute atomic E-state index is 12.7. The van der Waals surface area contributed by atoms with Crippen molar-refractivity contribution in [2.24, 2.45) is 0 Å². The summed E-state index contributed by atoms with van der Waals surface area (Å²) in [4.78, 5) is -0.503. The number of aryl methyl sites for hydroxylation is 2. The standard InChI is InChI=1S/C16H16N2O3S/c1-10-4-6-13(7-5-10)8-14(9-17)22(19,20)15-11(2)12(3)21-16(15)18/h4-8H,18H2,1-3H3/b14-8+. The van der Waals surface area contributed by atoms with E-state index in [1.165, 1.54) is 6.08 Å². The molecule has 0 unspecified atom stereocenters. The molecular weight excluding hydrogens is 300 g/mol. The molecule has 0 aliphatic heterocycles. The average molecular weight is 316 g/mol. The molecule has 2 aromatic rings. The molecule has 0 atom stereocenters. The van der Waals surface area contributed by atoms with E-state index in [0.717, 1.165) is 5.56 Å². The summed E-state index contributed by atoms with van der Waals surface area (Å²) in [5.41, 5.74) is 7.74. The Kier molecular flexibility index (Phi) is 4.11. The van der Waals surface area contributed by atoms with Gasteiger partial charge in [-0.3, -0.25) is 0 Å². The summed E-state index contributed by atoms with van der Waals surface area (Å²) in [5, 5.41) is 9.26. The van der Waals surface area contributed by atoms with E-state index in [1.807, 2.05) is 19.1 Å². The van der Waals surface area contributed by atoms with Crippen LogP contribution in [0.25, 0.3) is 6.08 Å². The van der Waals surface area contributed by atoms with E-state index in [2.05, 4.69) is 0 Å². The van der Waals surface area contributed by atoms with Gasteiger partial charge in [-0.25, -0.2) is 8.42 Å². The van der Waals surface area contributed by atoms with Crippen molar-refractivity contribution in [1.82, 2.24) is 0 Å². The second kappa shape index (κ2) is 5.70. The lowest BCUT2D eigenvalue weighted by molar-refractivity contribution is 0.546. The first kappa shape index (κ1) is 15.9. The predicted molar refractivity (Wildman–Crippen MR) is 84.5 cm³/mol. The summed E-state index contributed by atoms with van der Waals surface area (Å²) in [6, 6.07) is 8.93. The Hall–Kier alpha value is -2.52. The minimum absolute atomic E-state index is 0.134. The number of furan rings is 1. The van der Waals surface area contributed by atoms with Gasteiger partial charge in [-0.1, -0.05) is 29.8 Å². The molecule has 0 spiro atoms. The fourth-order valence-electron chi connectivity index (χ4n) is 2.06. The number of sulfone groups is 1. The van der Waals surface area contributed by atoms with Crippen molar-refractivity contribution in [2.45, 2.75) is 25.7 Å². The topological polar surface area (TPSA) is 97.1 Å². The number of nitriles is 1. The number of anilines is 1. The number of nitrogen functional groups attached to an aromatic ring is 1. The predicted octanol–water partition coefficient (Wildman–Crippen LogP) is 3.13. The third kappa shape index (κ3) is 2.76. The number of hydrogen-bond donors (Lipinski definition) is 1. The fraction of sp³-hybridized carbons (Fsp3) is 0.188. The van der Waals surface area contributed by atoms with Crippen LogP contribution in [0.4, 0.5) is 5.88 Å². The van der Waals surface area contributed by atoms with Gasteiger partial charge in [0.15, 0.2) is 0 Å². The van der Waals surface area contributed by atoms with Crippen LogP contribution in [-0.2, 0) is 9.84 Å². The molecule has 2 rings (SSSR count). The molecule has 1 aromatic carbocycles. The van der Waals surface area contributed by atoms with E-state index in [0.29, 0.717) is 16.9 Å². The highest BCUT2D eigenvalue weighted by atomic mass is 32.2. The molecule has 0 aliphatic carbocycles. The van der Waals surface area contributed by atoms with Crippen LogP contribution in [0.5, 0.6) is 0 Å². The molecule has 0 radical (unpaired) electrons. The van der Waals surface area contributed by atoms with Gasteiger partial charge < -0.3 is 10.2 Å². The van der Waals surface area contributed by atoms with Crippen molar-refractivity contribution in [3.05, 3.63) is 51.6 Å². The Bertz CT molecular complexity index is 883. The van der Waals surface area contributed by atoms with Crippen molar-refractivity contribution in [2.75, 3.05) is 5.73 Å². The van der Waals surface area contributed by atoms with Crippen molar-refractivity contribution >= 4 is 21.8 Å². The van der Waals surface area contributed by atoms with Crippen molar-refractivity contribution in [3.8, 4) is 6.07 Å². The highest BCUT2D eigenvalue weighted by Crippen LogP contribution is 2.33. The molecule has 0 aliphatic rings. The van der Waals surface area contributed by atoms with Gasteiger partial charge in [0.25, 0.3) is 0 Å². The van der Waals surface area contributed by atoms with Gasteiger partial charge in [-0.2, -0.15) is 5.26 Å². The summed E-state index contributed by atoms with van der Waals surface area (Å²) in [6.07, 6.45) is 1.33. The van der Waals surface area contributed by atoms with Crippen LogP contribution in [0.2, 0.25) is 0 Å². The zero-order valence-electron chi connectivity index (χ0n) is 12.5. The van der Waals surface area contributed by atoms with E-state index in [9.17, 15) is 13.7 Å². The maximum atomic E-state index is 12.7. The molecule has 114 valence electrons. The molecule has 0 saturated carbocycles. The van der Waals surface area contributed by atoms with Gasteiger partial charge in [0.2, 0.25) is 15.7 Å². The van der Waals surface area contributed by atoms with Crippen LogP contribution in [0.3, 0.4) is 0 Å².